The lowest BCUT2D eigenvalue weighted by Crippen LogP contribution is -2.42. The lowest BCUT2D eigenvalue weighted by atomic mass is 9.85. The first-order chi connectivity index (χ1) is 13.0. The van der Waals surface area contributed by atoms with E-state index in [0.29, 0.717) is 17.8 Å². The van der Waals surface area contributed by atoms with Gasteiger partial charge in [-0.15, -0.1) is 0 Å². The highest BCUT2D eigenvalue weighted by atomic mass is 16.3. The van der Waals surface area contributed by atoms with E-state index in [0.717, 1.165) is 19.4 Å². The van der Waals surface area contributed by atoms with Gasteiger partial charge in [0.05, 0.1) is 6.26 Å². The standard InChI is InChI=1S/C21H27N3O3/c1-24(2)15-21(11-3-4-12-21)14-22-19(25)16-7-9-17(10-8-16)23-20(26)18-6-5-13-27-18/h5-10,13H,3-4,11-12,14-15H2,1-2H3,(H,22,25)(H,23,26). The molecule has 0 bridgehead atoms. The quantitative estimate of drug-likeness (QED) is 0.785. The Morgan fingerprint density at radius 3 is 2.37 bits per heavy atom. The van der Waals surface area contributed by atoms with Gasteiger partial charge in [0.1, 0.15) is 0 Å². The maximum absolute atomic E-state index is 12.5. The van der Waals surface area contributed by atoms with Crippen molar-refractivity contribution in [2.24, 2.45) is 5.41 Å². The molecule has 1 aromatic heterocycles. The Morgan fingerprint density at radius 2 is 1.78 bits per heavy atom. The van der Waals surface area contributed by atoms with E-state index >= 15 is 0 Å². The molecule has 2 aromatic rings. The van der Waals surface area contributed by atoms with Crippen molar-refractivity contribution in [3.05, 3.63) is 54.0 Å². The van der Waals surface area contributed by atoms with Crippen LogP contribution in [0.25, 0.3) is 0 Å². The number of rotatable bonds is 7. The lowest BCUT2D eigenvalue weighted by Gasteiger charge is -2.32. The Hall–Kier alpha value is -2.60. The first-order valence-corrected chi connectivity index (χ1v) is 9.35. The second kappa shape index (κ2) is 8.39. The number of anilines is 1. The number of carbonyl (C=O) groups is 2. The Kier molecular flexibility index (Phi) is 5.96. The van der Waals surface area contributed by atoms with E-state index in [2.05, 4.69) is 29.6 Å². The molecule has 6 heteroatoms. The molecule has 0 spiro atoms. The van der Waals surface area contributed by atoms with E-state index in [1.807, 2.05) is 0 Å². The number of nitrogens with zero attached hydrogens (tertiary/aromatic N) is 1. The van der Waals surface area contributed by atoms with Crippen LogP contribution in [-0.4, -0.2) is 43.9 Å². The van der Waals surface area contributed by atoms with Crippen molar-refractivity contribution in [3.8, 4) is 0 Å². The summed E-state index contributed by atoms with van der Waals surface area (Å²) in [6, 6.07) is 10.2. The number of nitrogens with one attached hydrogen (secondary N) is 2. The summed E-state index contributed by atoms with van der Waals surface area (Å²) in [6.07, 6.45) is 6.23. The molecule has 1 aromatic carbocycles. The summed E-state index contributed by atoms with van der Waals surface area (Å²) in [5, 5.41) is 5.85. The highest BCUT2D eigenvalue weighted by Crippen LogP contribution is 2.38. The van der Waals surface area contributed by atoms with E-state index in [1.165, 1.54) is 19.1 Å². The van der Waals surface area contributed by atoms with Gasteiger partial charge in [-0.05, 0) is 63.3 Å². The van der Waals surface area contributed by atoms with Crippen molar-refractivity contribution in [3.63, 3.8) is 0 Å². The highest BCUT2D eigenvalue weighted by molar-refractivity contribution is 6.02. The number of hydrogen-bond donors (Lipinski definition) is 2. The second-order valence-corrected chi connectivity index (χ2v) is 7.64. The highest BCUT2D eigenvalue weighted by Gasteiger charge is 2.34. The summed E-state index contributed by atoms with van der Waals surface area (Å²) >= 11 is 0. The van der Waals surface area contributed by atoms with Crippen molar-refractivity contribution in [2.45, 2.75) is 25.7 Å². The van der Waals surface area contributed by atoms with Crippen LogP contribution in [0.15, 0.2) is 47.1 Å². The SMILES string of the molecule is CN(C)CC1(CNC(=O)c2ccc(NC(=O)c3ccco3)cc2)CCCC1. The van der Waals surface area contributed by atoms with E-state index in [-0.39, 0.29) is 23.0 Å². The molecule has 0 unspecified atom stereocenters. The Labute approximate surface area is 159 Å². The van der Waals surface area contributed by atoms with E-state index in [4.69, 9.17) is 4.42 Å². The topological polar surface area (TPSA) is 74.6 Å². The molecule has 1 aliphatic carbocycles. The molecule has 0 radical (unpaired) electrons. The van der Waals surface area contributed by atoms with E-state index < -0.39 is 0 Å². The first-order valence-electron chi connectivity index (χ1n) is 9.35. The van der Waals surface area contributed by atoms with Crippen LogP contribution in [0.2, 0.25) is 0 Å². The van der Waals surface area contributed by atoms with Crippen molar-refractivity contribution < 1.29 is 14.0 Å². The van der Waals surface area contributed by atoms with Crippen LogP contribution in [0.4, 0.5) is 5.69 Å². The molecular weight excluding hydrogens is 342 g/mol. The largest absolute Gasteiger partial charge is 0.459 e. The number of carbonyl (C=O) groups excluding carboxylic acids is 2. The third-order valence-corrected chi connectivity index (χ3v) is 5.09. The zero-order valence-electron chi connectivity index (χ0n) is 16.0. The fourth-order valence-corrected chi connectivity index (χ4v) is 3.86. The van der Waals surface area contributed by atoms with Crippen molar-refractivity contribution in [1.82, 2.24) is 10.2 Å². The minimum atomic E-state index is -0.316. The minimum Gasteiger partial charge on any atom is -0.459 e. The second-order valence-electron chi connectivity index (χ2n) is 7.64. The summed E-state index contributed by atoms with van der Waals surface area (Å²) < 4.78 is 5.07. The molecule has 144 valence electrons. The minimum absolute atomic E-state index is 0.0797. The van der Waals surface area contributed by atoms with Gasteiger partial charge in [-0.1, -0.05) is 12.8 Å². The molecule has 1 aliphatic rings. The molecule has 27 heavy (non-hydrogen) atoms. The van der Waals surface area contributed by atoms with Crippen LogP contribution in [0.5, 0.6) is 0 Å². The van der Waals surface area contributed by atoms with Gasteiger partial charge in [0.15, 0.2) is 5.76 Å². The third-order valence-electron chi connectivity index (χ3n) is 5.09. The summed E-state index contributed by atoms with van der Waals surface area (Å²) in [4.78, 5) is 26.7. The molecule has 0 aliphatic heterocycles. The van der Waals surface area contributed by atoms with Crippen molar-refractivity contribution in [1.29, 1.82) is 0 Å². The predicted octanol–water partition coefficient (Wildman–Crippen LogP) is 3.38. The van der Waals surface area contributed by atoms with Crippen LogP contribution < -0.4 is 10.6 Å². The third kappa shape index (κ3) is 4.98. The van der Waals surface area contributed by atoms with E-state index in [9.17, 15) is 9.59 Å². The van der Waals surface area contributed by atoms with Gasteiger partial charge in [0, 0.05) is 29.8 Å². The number of amides is 2. The van der Waals surface area contributed by atoms with Gasteiger partial charge in [-0.3, -0.25) is 9.59 Å². The maximum Gasteiger partial charge on any atom is 0.291 e. The number of hydrogen-bond acceptors (Lipinski definition) is 4. The fourth-order valence-electron chi connectivity index (χ4n) is 3.86. The van der Waals surface area contributed by atoms with Crippen molar-refractivity contribution >= 4 is 17.5 Å². The Balaban J connectivity index is 1.56. The Bertz CT molecular complexity index is 760. The van der Waals surface area contributed by atoms with Crippen LogP contribution >= 0.6 is 0 Å². The van der Waals surface area contributed by atoms with Gasteiger partial charge in [0.25, 0.3) is 11.8 Å². The van der Waals surface area contributed by atoms with E-state index in [1.54, 1.807) is 36.4 Å². The maximum atomic E-state index is 12.5. The lowest BCUT2D eigenvalue weighted by molar-refractivity contribution is 0.0917. The van der Waals surface area contributed by atoms with Gasteiger partial charge in [0.2, 0.25) is 0 Å². The van der Waals surface area contributed by atoms with Crippen molar-refractivity contribution in [2.75, 3.05) is 32.5 Å². The zero-order chi connectivity index (χ0) is 19.3. The predicted molar refractivity (Wildman–Crippen MR) is 105 cm³/mol. The average molecular weight is 369 g/mol. The van der Waals surface area contributed by atoms with Crippen LogP contribution in [0.3, 0.4) is 0 Å². The molecular formula is C21H27N3O3. The fraction of sp³-hybridized carbons (Fsp3) is 0.429. The molecule has 6 nitrogen and oxygen atoms in total. The molecule has 0 saturated heterocycles. The summed E-state index contributed by atoms with van der Waals surface area (Å²) in [6.45, 7) is 1.69. The molecule has 0 atom stereocenters. The molecule has 1 fully saturated rings. The molecule has 1 heterocycles. The smallest absolute Gasteiger partial charge is 0.291 e. The van der Waals surface area contributed by atoms with Gasteiger partial charge < -0.3 is 20.0 Å². The monoisotopic (exact) mass is 369 g/mol. The summed E-state index contributed by atoms with van der Waals surface area (Å²) in [5.41, 5.74) is 1.38. The molecule has 2 N–H and O–H groups in total. The normalized spacial score (nSPS) is 15.7. The average Bonchev–Trinajstić information content (AvgIpc) is 3.32. The first kappa shape index (κ1) is 19.2. The summed E-state index contributed by atoms with van der Waals surface area (Å²) in [5.74, 6) is -0.146. The summed E-state index contributed by atoms with van der Waals surface area (Å²) in [7, 11) is 4.16. The van der Waals surface area contributed by atoms with Gasteiger partial charge in [-0.25, -0.2) is 0 Å². The molecule has 2 amide bonds. The van der Waals surface area contributed by atoms with Crippen LogP contribution in [0, 0.1) is 5.41 Å². The molecule has 3 rings (SSSR count). The number of benzene rings is 1. The van der Waals surface area contributed by atoms with Gasteiger partial charge >= 0.3 is 0 Å². The molecule has 1 saturated carbocycles. The zero-order valence-corrected chi connectivity index (χ0v) is 16.0. The van der Waals surface area contributed by atoms with Crippen LogP contribution in [0.1, 0.15) is 46.6 Å². The van der Waals surface area contributed by atoms with Crippen LogP contribution in [-0.2, 0) is 0 Å². The number of furan rings is 1. The van der Waals surface area contributed by atoms with Gasteiger partial charge in [-0.2, -0.15) is 0 Å². The Morgan fingerprint density at radius 1 is 1.07 bits per heavy atom.